The molecule has 36 heavy (non-hydrogen) atoms. The van der Waals surface area contributed by atoms with Crippen molar-refractivity contribution in [2.75, 3.05) is 19.7 Å². The zero-order chi connectivity index (χ0) is 25.6. The van der Waals surface area contributed by atoms with Gasteiger partial charge in [-0.2, -0.15) is 0 Å². The number of benzene rings is 1. The van der Waals surface area contributed by atoms with Gasteiger partial charge in [-0.05, 0) is 68.3 Å². The van der Waals surface area contributed by atoms with E-state index in [1.807, 2.05) is 12.1 Å². The first-order valence-electron chi connectivity index (χ1n) is 13.9. The van der Waals surface area contributed by atoms with Gasteiger partial charge >= 0.3 is 5.97 Å². The number of amides is 1. The first kappa shape index (κ1) is 28.4. The molecule has 0 aromatic heterocycles. The van der Waals surface area contributed by atoms with E-state index in [-0.39, 0.29) is 12.0 Å². The molecule has 0 unspecified atom stereocenters. The first-order chi connectivity index (χ1) is 17.6. The summed E-state index contributed by atoms with van der Waals surface area (Å²) >= 11 is 0. The number of unbranched alkanes of at least 4 members (excludes halogenated alkanes) is 3. The zero-order valence-electron chi connectivity index (χ0n) is 21.9. The third-order valence-electron chi connectivity index (χ3n) is 7.54. The minimum atomic E-state index is -0.540. The van der Waals surface area contributed by atoms with E-state index in [2.05, 4.69) is 29.3 Å². The van der Waals surface area contributed by atoms with Crippen LogP contribution in [-0.4, -0.2) is 53.8 Å². The smallest absolute Gasteiger partial charge is 0.323 e. The van der Waals surface area contributed by atoms with Crippen LogP contribution < -0.4 is 10.8 Å². The Morgan fingerprint density at radius 3 is 2.44 bits per heavy atom. The van der Waals surface area contributed by atoms with Crippen molar-refractivity contribution in [1.82, 2.24) is 15.7 Å². The second-order valence-corrected chi connectivity index (χ2v) is 10.4. The molecule has 7 heteroatoms. The third-order valence-corrected chi connectivity index (χ3v) is 7.54. The van der Waals surface area contributed by atoms with Gasteiger partial charge in [0.1, 0.15) is 6.04 Å². The summed E-state index contributed by atoms with van der Waals surface area (Å²) in [5.74, 6) is -0.177. The molecule has 1 aromatic rings. The van der Waals surface area contributed by atoms with E-state index in [4.69, 9.17) is 9.94 Å². The fraction of sp³-hybridized carbons (Fsp3) is 0.655. The fourth-order valence-corrected chi connectivity index (χ4v) is 5.37. The number of esters is 1. The average Bonchev–Trinajstić information content (AvgIpc) is 2.92. The van der Waals surface area contributed by atoms with Crippen molar-refractivity contribution in [2.45, 2.75) is 96.2 Å². The third kappa shape index (κ3) is 9.68. The summed E-state index contributed by atoms with van der Waals surface area (Å²) < 4.78 is 5.74. The lowest BCUT2D eigenvalue weighted by atomic mass is 9.83. The highest BCUT2D eigenvalue weighted by Gasteiger charge is 2.33. The number of hydroxylamine groups is 1. The Labute approximate surface area is 216 Å². The highest BCUT2D eigenvalue weighted by molar-refractivity contribution is 5.90. The molecule has 200 valence electrons. The molecular weight excluding hydrogens is 454 g/mol. The molecule has 0 bridgehead atoms. The van der Waals surface area contributed by atoms with E-state index in [0.29, 0.717) is 18.6 Å². The summed E-state index contributed by atoms with van der Waals surface area (Å²) in [5.41, 5.74) is 3.74. The van der Waals surface area contributed by atoms with Crippen LogP contribution in [0.15, 0.2) is 30.3 Å². The van der Waals surface area contributed by atoms with Crippen molar-refractivity contribution in [1.29, 1.82) is 0 Å². The second-order valence-electron chi connectivity index (χ2n) is 10.4. The largest absolute Gasteiger partial charge is 0.465 e. The van der Waals surface area contributed by atoms with Gasteiger partial charge in [0.15, 0.2) is 0 Å². The number of hydrogen-bond donors (Lipinski definition) is 3. The van der Waals surface area contributed by atoms with E-state index < -0.39 is 5.91 Å². The van der Waals surface area contributed by atoms with E-state index in [9.17, 15) is 9.59 Å². The molecule has 1 saturated heterocycles. The van der Waals surface area contributed by atoms with Crippen molar-refractivity contribution >= 4 is 18.0 Å². The standard InChI is InChI=1S/C29H45N3O4/c1-2-3-4-8-21-36-29(34)28(25-9-6-5-7-10-25)30-26-17-19-32(20-18-26)22-24-13-11-23(12-14-24)15-16-27(33)31-35/h11-16,25-26,28,30,35H,2-10,17-22H2,1H3,(H,31,33)/b16-15+/t28-/m0/s1. The Balaban J connectivity index is 1.46. The number of carbonyl (C=O) groups excluding carboxylic acids is 2. The molecule has 3 N–H and O–H groups in total. The minimum Gasteiger partial charge on any atom is -0.465 e. The number of carbonyl (C=O) groups is 2. The van der Waals surface area contributed by atoms with Crippen LogP contribution in [0.1, 0.15) is 88.7 Å². The molecule has 1 amide bonds. The van der Waals surface area contributed by atoms with Crippen LogP contribution in [0.4, 0.5) is 0 Å². The molecule has 0 spiro atoms. The molecule has 2 aliphatic rings. The first-order valence-corrected chi connectivity index (χ1v) is 13.9. The van der Waals surface area contributed by atoms with Crippen molar-refractivity contribution in [2.24, 2.45) is 5.92 Å². The van der Waals surface area contributed by atoms with Crippen LogP contribution >= 0.6 is 0 Å². The number of ether oxygens (including phenoxy) is 1. The van der Waals surface area contributed by atoms with Gasteiger partial charge < -0.3 is 10.1 Å². The molecule has 7 nitrogen and oxygen atoms in total. The maximum Gasteiger partial charge on any atom is 0.323 e. The van der Waals surface area contributed by atoms with Crippen LogP contribution in [0.5, 0.6) is 0 Å². The number of rotatable bonds is 13. The van der Waals surface area contributed by atoms with E-state index in [1.165, 1.54) is 43.7 Å². The van der Waals surface area contributed by atoms with Crippen molar-refractivity contribution < 1.29 is 19.5 Å². The molecule has 1 atom stereocenters. The summed E-state index contributed by atoms with van der Waals surface area (Å²) in [4.78, 5) is 26.6. The molecule has 1 aliphatic heterocycles. The van der Waals surface area contributed by atoms with Crippen molar-refractivity contribution in [3.05, 3.63) is 41.5 Å². The summed E-state index contributed by atoms with van der Waals surface area (Å²) in [6.07, 6.45) is 15.5. The predicted molar refractivity (Wildman–Crippen MR) is 142 cm³/mol. The number of piperidine rings is 1. The Hall–Kier alpha value is -2.22. The van der Waals surface area contributed by atoms with Gasteiger partial charge in [-0.15, -0.1) is 0 Å². The Kier molecular flexibility index (Phi) is 12.4. The molecule has 3 rings (SSSR count). The molecule has 2 fully saturated rings. The topological polar surface area (TPSA) is 90.9 Å². The monoisotopic (exact) mass is 499 g/mol. The Morgan fingerprint density at radius 2 is 1.78 bits per heavy atom. The maximum atomic E-state index is 13.0. The van der Waals surface area contributed by atoms with E-state index >= 15 is 0 Å². The molecule has 1 aliphatic carbocycles. The summed E-state index contributed by atoms with van der Waals surface area (Å²) in [7, 11) is 0. The lowest BCUT2D eigenvalue weighted by Gasteiger charge is -2.37. The van der Waals surface area contributed by atoms with Gasteiger partial charge in [0.05, 0.1) is 6.61 Å². The van der Waals surface area contributed by atoms with Gasteiger partial charge in [-0.1, -0.05) is 69.7 Å². The van der Waals surface area contributed by atoms with Gasteiger partial charge in [-0.3, -0.25) is 19.7 Å². The minimum absolute atomic E-state index is 0.0357. The van der Waals surface area contributed by atoms with E-state index in [1.54, 1.807) is 11.6 Å². The predicted octanol–water partition coefficient (Wildman–Crippen LogP) is 4.83. The van der Waals surface area contributed by atoms with E-state index in [0.717, 1.165) is 63.7 Å². The lowest BCUT2D eigenvalue weighted by Crippen LogP contribution is -2.52. The van der Waals surface area contributed by atoms with Crippen LogP contribution in [-0.2, 0) is 20.9 Å². The van der Waals surface area contributed by atoms with Crippen LogP contribution in [0.25, 0.3) is 6.08 Å². The van der Waals surface area contributed by atoms with Crippen molar-refractivity contribution in [3.8, 4) is 0 Å². The highest BCUT2D eigenvalue weighted by Crippen LogP contribution is 2.28. The fourth-order valence-electron chi connectivity index (χ4n) is 5.37. The number of hydrogen-bond acceptors (Lipinski definition) is 6. The maximum absolute atomic E-state index is 13.0. The molecule has 1 saturated carbocycles. The average molecular weight is 500 g/mol. The molecule has 0 radical (unpaired) electrons. The van der Waals surface area contributed by atoms with Crippen LogP contribution in [0.2, 0.25) is 0 Å². The summed E-state index contributed by atoms with van der Waals surface area (Å²) in [6.45, 7) is 5.63. The normalized spacial score (nSPS) is 18.8. The Bertz CT molecular complexity index is 812. The SMILES string of the molecule is CCCCCCOC(=O)[C@@H](NC1CCN(Cc2ccc(/C=C/C(=O)NO)cc2)CC1)C1CCCCC1. The van der Waals surface area contributed by atoms with Crippen molar-refractivity contribution in [3.63, 3.8) is 0 Å². The summed E-state index contributed by atoms with van der Waals surface area (Å²) in [5, 5.41) is 12.3. The highest BCUT2D eigenvalue weighted by atomic mass is 16.5. The molecule has 1 aromatic carbocycles. The zero-order valence-corrected chi connectivity index (χ0v) is 21.9. The van der Waals surface area contributed by atoms with Crippen LogP contribution in [0.3, 0.4) is 0 Å². The lowest BCUT2D eigenvalue weighted by molar-refractivity contribution is -0.148. The van der Waals surface area contributed by atoms with Gasteiger partial charge in [-0.25, -0.2) is 5.48 Å². The summed E-state index contributed by atoms with van der Waals surface area (Å²) in [6, 6.07) is 8.31. The molecular formula is C29H45N3O4. The quantitative estimate of drug-likeness (QED) is 0.118. The number of nitrogens with zero attached hydrogens (tertiary/aromatic N) is 1. The van der Waals surface area contributed by atoms with Gasteiger partial charge in [0.2, 0.25) is 0 Å². The Morgan fingerprint density at radius 1 is 1.06 bits per heavy atom. The van der Waals surface area contributed by atoms with Gasteiger partial charge in [0, 0.05) is 18.7 Å². The van der Waals surface area contributed by atoms with Crippen LogP contribution in [0, 0.1) is 5.92 Å². The molecule has 1 heterocycles. The second kappa shape index (κ2) is 15.8. The number of nitrogens with one attached hydrogen (secondary N) is 2. The number of likely N-dealkylation sites (tertiary alicyclic amines) is 1. The van der Waals surface area contributed by atoms with Gasteiger partial charge in [0.25, 0.3) is 5.91 Å².